The molecule has 1 aromatic carbocycles. The molecular weight excluding hydrogens is 516 g/mol. The maximum absolute atomic E-state index is 12.2. The van der Waals surface area contributed by atoms with Gasteiger partial charge in [0.15, 0.2) is 0 Å². The summed E-state index contributed by atoms with van der Waals surface area (Å²) in [4.78, 5) is 19.2. The molecule has 182 valence electrons. The molecule has 0 saturated carbocycles. The number of nitrogens with zero attached hydrogens (tertiary/aromatic N) is 3. The van der Waals surface area contributed by atoms with Crippen LogP contribution in [0.5, 0.6) is 0 Å². The summed E-state index contributed by atoms with van der Waals surface area (Å²) in [6, 6.07) is 8.81. The van der Waals surface area contributed by atoms with Gasteiger partial charge in [0, 0.05) is 29.8 Å². The van der Waals surface area contributed by atoms with Crippen molar-refractivity contribution in [2.24, 2.45) is 0 Å². The van der Waals surface area contributed by atoms with Crippen molar-refractivity contribution in [3.05, 3.63) is 57.3 Å². The fraction of sp³-hybridized carbons (Fsp3) is 0.462. The van der Waals surface area contributed by atoms with Crippen molar-refractivity contribution >= 4 is 50.3 Å². The fourth-order valence-corrected chi connectivity index (χ4v) is 5.31. The number of amides is 1. The smallest absolute Gasteiger partial charge is 0.407 e. The number of benzene rings is 1. The molecule has 2 aromatic heterocycles. The van der Waals surface area contributed by atoms with Gasteiger partial charge in [0.05, 0.1) is 28.3 Å². The molecule has 0 spiro atoms. The number of halogens is 2. The van der Waals surface area contributed by atoms with Crippen LogP contribution in [0.15, 0.2) is 41.1 Å². The minimum absolute atomic E-state index is 0.0804. The van der Waals surface area contributed by atoms with Crippen molar-refractivity contribution in [2.75, 3.05) is 18.0 Å². The number of rotatable bonds is 4. The van der Waals surface area contributed by atoms with Crippen LogP contribution in [0.25, 0.3) is 11.0 Å². The Morgan fingerprint density at radius 1 is 1.24 bits per heavy atom. The summed E-state index contributed by atoms with van der Waals surface area (Å²) < 4.78 is 8.58. The second-order valence-electron chi connectivity index (χ2n) is 10.0. The van der Waals surface area contributed by atoms with Crippen LogP contribution >= 0.6 is 27.5 Å². The van der Waals surface area contributed by atoms with Gasteiger partial charge < -0.3 is 19.5 Å². The predicted molar refractivity (Wildman–Crippen MR) is 142 cm³/mol. The molecule has 6 nitrogen and oxygen atoms in total. The lowest BCUT2D eigenvalue weighted by Crippen LogP contribution is -2.46. The average molecular weight is 548 g/mol. The second kappa shape index (κ2) is 9.78. The van der Waals surface area contributed by atoms with Crippen molar-refractivity contribution in [1.29, 1.82) is 0 Å². The third kappa shape index (κ3) is 5.36. The van der Waals surface area contributed by atoms with E-state index in [1.807, 2.05) is 20.8 Å². The van der Waals surface area contributed by atoms with Gasteiger partial charge in [-0.3, -0.25) is 0 Å². The minimum Gasteiger partial charge on any atom is -0.444 e. The van der Waals surface area contributed by atoms with Crippen LogP contribution < -0.4 is 10.2 Å². The van der Waals surface area contributed by atoms with Crippen LogP contribution in [0.1, 0.15) is 57.7 Å². The standard InChI is InChI=1S/C26H32BrClN4O2/c1-16-6-8-18(9-7-16)17(2)32-15-20(27)22-23(21(28)14-29-24(22)32)31-12-10-19(11-13-31)30-25(33)34-26(3,4)5/h6-9,14-15,17,19H,10-13H2,1-5H3,(H,30,33). The Hall–Kier alpha value is -2.25. The van der Waals surface area contributed by atoms with E-state index in [2.05, 4.69) is 75.0 Å². The van der Waals surface area contributed by atoms with Gasteiger partial charge in [-0.25, -0.2) is 9.78 Å². The summed E-state index contributed by atoms with van der Waals surface area (Å²) in [7, 11) is 0. The maximum Gasteiger partial charge on any atom is 0.407 e. The Labute approximate surface area is 214 Å². The number of ether oxygens (including phenoxy) is 1. The number of aryl methyl sites for hydroxylation is 1. The summed E-state index contributed by atoms with van der Waals surface area (Å²) in [6.45, 7) is 11.5. The number of fused-ring (bicyclic) bond motifs is 1. The molecule has 1 aliphatic heterocycles. The van der Waals surface area contributed by atoms with Crippen LogP contribution in [0, 0.1) is 6.92 Å². The summed E-state index contributed by atoms with van der Waals surface area (Å²) >= 11 is 10.5. The summed E-state index contributed by atoms with van der Waals surface area (Å²) in [5, 5.41) is 4.66. The van der Waals surface area contributed by atoms with Gasteiger partial charge in [-0.15, -0.1) is 0 Å². The Morgan fingerprint density at radius 3 is 2.50 bits per heavy atom. The molecule has 4 rings (SSSR count). The number of hydrogen-bond donors (Lipinski definition) is 1. The van der Waals surface area contributed by atoms with E-state index in [0.717, 1.165) is 47.1 Å². The molecule has 1 atom stereocenters. The Kier molecular flexibility index (Phi) is 7.15. The first-order valence-electron chi connectivity index (χ1n) is 11.7. The molecule has 3 aromatic rings. The number of carbonyl (C=O) groups is 1. The van der Waals surface area contributed by atoms with Crippen LogP contribution in [-0.2, 0) is 4.74 Å². The zero-order valence-electron chi connectivity index (χ0n) is 20.4. The molecule has 0 radical (unpaired) electrons. The molecule has 1 N–H and O–H groups in total. The first-order valence-corrected chi connectivity index (χ1v) is 12.9. The van der Waals surface area contributed by atoms with Crippen molar-refractivity contribution in [3.8, 4) is 0 Å². The van der Waals surface area contributed by atoms with E-state index >= 15 is 0 Å². The number of carbonyl (C=O) groups excluding carboxylic acids is 1. The number of piperidine rings is 1. The van der Waals surface area contributed by atoms with E-state index in [1.165, 1.54) is 11.1 Å². The molecule has 3 heterocycles. The zero-order chi connectivity index (χ0) is 24.6. The minimum atomic E-state index is -0.504. The normalized spacial score (nSPS) is 16.0. The Balaban J connectivity index is 1.56. The molecule has 0 aliphatic carbocycles. The molecule has 1 fully saturated rings. The van der Waals surface area contributed by atoms with Crippen LogP contribution in [0.2, 0.25) is 5.02 Å². The predicted octanol–water partition coefficient (Wildman–Crippen LogP) is 6.86. The quantitative estimate of drug-likeness (QED) is 0.387. The Morgan fingerprint density at radius 2 is 1.88 bits per heavy atom. The monoisotopic (exact) mass is 546 g/mol. The summed E-state index contributed by atoms with van der Waals surface area (Å²) in [5.74, 6) is 0. The van der Waals surface area contributed by atoms with E-state index in [9.17, 15) is 4.79 Å². The topological polar surface area (TPSA) is 59.4 Å². The summed E-state index contributed by atoms with van der Waals surface area (Å²) in [6.07, 6.45) is 5.11. The molecule has 1 amide bonds. The molecule has 0 bridgehead atoms. The average Bonchev–Trinajstić information content (AvgIpc) is 3.09. The number of hydrogen-bond acceptors (Lipinski definition) is 4. The van der Waals surface area contributed by atoms with Gasteiger partial charge in [-0.1, -0.05) is 41.4 Å². The lowest BCUT2D eigenvalue weighted by atomic mass is 10.0. The van der Waals surface area contributed by atoms with Gasteiger partial charge in [0.25, 0.3) is 0 Å². The van der Waals surface area contributed by atoms with Crippen molar-refractivity contribution in [3.63, 3.8) is 0 Å². The molecule has 1 saturated heterocycles. The van der Waals surface area contributed by atoms with E-state index in [-0.39, 0.29) is 18.2 Å². The van der Waals surface area contributed by atoms with Gasteiger partial charge in [-0.2, -0.15) is 0 Å². The van der Waals surface area contributed by atoms with Crippen LogP contribution in [0.3, 0.4) is 0 Å². The van der Waals surface area contributed by atoms with E-state index in [0.29, 0.717) is 5.02 Å². The molecule has 1 aliphatic rings. The third-order valence-corrected chi connectivity index (χ3v) is 7.11. The fourth-order valence-electron chi connectivity index (χ4n) is 4.46. The largest absolute Gasteiger partial charge is 0.444 e. The molecule has 34 heavy (non-hydrogen) atoms. The number of pyridine rings is 1. The first kappa shape index (κ1) is 24.9. The summed E-state index contributed by atoms with van der Waals surface area (Å²) in [5.41, 5.74) is 3.85. The number of alkyl carbamates (subject to hydrolysis) is 1. The van der Waals surface area contributed by atoms with E-state index < -0.39 is 5.60 Å². The van der Waals surface area contributed by atoms with E-state index in [4.69, 9.17) is 21.3 Å². The SMILES string of the molecule is Cc1ccc(C(C)n2cc(Br)c3c(N4CCC(NC(=O)OC(C)(C)C)CC4)c(Cl)cnc32)cc1. The second-order valence-corrected chi connectivity index (χ2v) is 11.3. The lowest BCUT2D eigenvalue weighted by Gasteiger charge is -2.35. The third-order valence-electron chi connectivity index (χ3n) is 6.23. The molecule has 8 heteroatoms. The van der Waals surface area contributed by atoms with Gasteiger partial charge >= 0.3 is 6.09 Å². The molecule has 1 unspecified atom stereocenters. The van der Waals surface area contributed by atoms with Crippen LogP contribution in [-0.4, -0.2) is 40.4 Å². The maximum atomic E-state index is 12.2. The Bertz CT molecular complexity index is 1180. The van der Waals surface area contributed by atoms with Gasteiger partial charge in [0.1, 0.15) is 11.2 Å². The zero-order valence-corrected chi connectivity index (χ0v) is 22.7. The lowest BCUT2D eigenvalue weighted by molar-refractivity contribution is 0.0497. The highest BCUT2D eigenvalue weighted by Crippen LogP contribution is 2.41. The number of nitrogens with one attached hydrogen (secondary N) is 1. The highest BCUT2D eigenvalue weighted by atomic mass is 79.9. The highest BCUT2D eigenvalue weighted by molar-refractivity contribution is 9.10. The number of anilines is 1. The van der Waals surface area contributed by atoms with E-state index in [1.54, 1.807) is 6.20 Å². The van der Waals surface area contributed by atoms with Crippen molar-refractivity contribution in [2.45, 2.75) is 65.1 Å². The molecular formula is C26H32BrClN4O2. The van der Waals surface area contributed by atoms with Crippen LogP contribution in [0.4, 0.5) is 10.5 Å². The van der Waals surface area contributed by atoms with Gasteiger partial charge in [-0.05, 0) is 69.0 Å². The van der Waals surface area contributed by atoms with Gasteiger partial charge in [0.2, 0.25) is 0 Å². The van der Waals surface area contributed by atoms with Crippen molar-refractivity contribution < 1.29 is 9.53 Å². The first-order chi connectivity index (χ1) is 16.0. The number of aromatic nitrogens is 2. The van der Waals surface area contributed by atoms with Crippen molar-refractivity contribution in [1.82, 2.24) is 14.9 Å². The highest BCUT2D eigenvalue weighted by Gasteiger charge is 2.27.